The van der Waals surface area contributed by atoms with Crippen molar-refractivity contribution in [3.05, 3.63) is 68.6 Å². The van der Waals surface area contributed by atoms with Gasteiger partial charge in [0.05, 0.1) is 4.92 Å². The SMILES string of the molecule is Cc1cccc(NC(=O)COC(=O)c2cc3cc([N+](=O)[O-])ccc3s2)c1C. The molecule has 1 N–H and O–H groups in total. The number of anilines is 1. The maximum atomic E-state index is 12.2. The molecule has 0 bridgehead atoms. The van der Waals surface area contributed by atoms with Crippen LogP contribution in [0.15, 0.2) is 42.5 Å². The second-order valence-corrected chi connectivity index (χ2v) is 7.05. The number of nitro benzene ring substituents is 1. The third-order valence-corrected chi connectivity index (χ3v) is 5.22. The number of fused-ring (bicyclic) bond motifs is 1. The summed E-state index contributed by atoms with van der Waals surface area (Å²) in [5.74, 6) is -1.08. The van der Waals surface area contributed by atoms with Gasteiger partial charge in [-0.2, -0.15) is 0 Å². The van der Waals surface area contributed by atoms with Crippen LogP contribution in [0.5, 0.6) is 0 Å². The van der Waals surface area contributed by atoms with Crippen LogP contribution in [0.4, 0.5) is 11.4 Å². The van der Waals surface area contributed by atoms with Crippen molar-refractivity contribution in [2.24, 2.45) is 0 Å². The average Bonchev–Trinajstić information content (AvgIpc) is 3.07. The summed E-state index contributed by atoms with van der Waals surface area (Å²) in [6, 6.07) is 11.4. The number of nitrogens with one attached hydrogen (secondary N) is 1. The minimum atomic E-state index is -0.644. The van der Waals surface area contributed by atoms with Gasteiger partial charge in [-0.15, -0.1) is 11.3 Å². The molecule has 0 atom stereocenters. The fourth-order valence-electron chi connectivity index (χ4n) is 2.52. The quantitative estimate of drug-likeness (QED) is 0.403. The van der Waals surface area contributed by atoms with Crippen molar-refractivity contribution in [3.63, 3.8) is 0 Å². The number of amides is 1. The van der Waals surface area contributed by atoms with Crippen LogP contribution in [0.1, 0.15) is 20.8 Å². The predicted molar refractivity (Wildman–Crippen MR) is 103 cm³/mol. The van der Waals surface area contributed by atoms with Crippen LogP contribution in [0.2, 0.25) is 0 Å². The Kier molecular flexibility index (Phi) is 5.18. The van der Waals surface area contributed by atoms with Gasteiger partial charge in [-0.3, -0.25) is 14.9 Å². The standard InChI is InChI=1S/C19H16N2O5S/c1-11-4-3-5-15(12(11)2)20-18(22)10-26-19(23)17-9-13-8-14(21(24)25)6-7-16(13)27-17/h3-9H,10H2,1-2H3,(H,20,22). The van der Waals surface area contributed by atoms with Crippen molar-refractivity contribution in [2.45, 2.75) is 13.8 Å². The molecule has 0 saturated carbocycles. The molecule has 0 unspecified atom stereocenters. The minimum absolute atomic E-state index is 0.0480. The number of carbonyl (C=O) groups is 2. The van der Waals surface area contributed by atoms with E-state index in [9.17, 15) is 19.7 Å². The Morgan fingerprint density at radius 1 is 1.19 bits per heavy atom. The summed E-state index contributed by atoms with van der Waals surface area (Å²) in [4.78, 5) is 34.8. The number of nitro groups is 1. The maximum Gasteiger partial charge on any atom is 0.348 e. The lowest BCUT2D eigenvalue weighted by atomic mass is 10.1. The van der Waals surface area contributed by atoms with Crippen molar-refractivity contribution in [2.75, 3.05) is 11.9 Å². The van der Waals surface area contributed by atoms with Gasteiger partial charge < -0.3 is 10.1 Å². The third-order valence-electron chi connectivity index (χ3n) is 4.12. The van der Waals surface area contributed by atoms with Crippen molar-refractivity contribution < 1.29 is 19.2 Å². The Morgan fingerprint density at radius 2 is 1.96 bits per heavy atom. The first-order chi connectivity index (χ1) is 12.8. The number of thiophene rings is 1. The Hall–Kier alpha value is -3.26. The first-order valence-corrected chi connectivity index (χ1v) is 8.88. The van der Waals surface area contributed by atoms with Crippen molar-refractivity contribution in [3.8, 4) is 0 Å². The van der Waals surface area contributed by atoms with E-state index in [4.69, 9.17) is 4.74 Å². The van der Waals surface area contributed by atoms with Gasteiger partial charge >= 0.3 is 5.97 Å². The molecular formula is C19H16N2O5S. The molecule has 0 aliphatic carbocycles. The molecule has 0 radical (unpaired) electrons. The van der Waals surface area contributed by atoms with E-state index in [0.717, 1.165) is 27.2 Å². The number of aryl methyl sites for hydroxylation is 1. The number of ether oxygens (including phenoxy) is 1. The topological polar surface area (TPSA) is 98.5 Å². The highest BCUT2D eigenvalue weighted by molar-refractivity contribution is 7.20. The van der Waals surface area contributed by atoms with E-state index < -0.39 is 23.4 Å². The first-order valence-electron chi connectivity index (χ1n) is 8.06. The van der Waals surface area contributed by atoms with Crippen LogP contribution < -0.4 is 5.32 Å². The number of benzene rings is 2. The fraction of sp³-hybridized carbons (Fsp3) is 0.158. The lowest BCUT2D eigenvalue weighted by Gasteiger charge is -2.10. The highest BCUT2D eigenvalue weighted by Gasteiger charge is 2.16. The Bertz CT molecular complexity index is 1060. The third kappa shape index (κ3) is 4.12. The second kappa shape index (κ2) is 7.55. The smallest absolute Gasteiger partial charge is 0.348 e. The molecule has 0 aliphatic heterocycles. The second-order valence-electron chi connectivity index (χ2n) is 5.96. The number of hydrogen-bond donors (Lipinski definition) is 1. The van der Waals surface area contributed by atoms with Gasteiger partial charge in [0.2, 0.25) is 0 Å². The molecule has 27 heavy (non-hydrogen) atoms. The van der Waals surface area contributed by atoms with E-state index in [0.29, 0.717) is 11.1 Å². The molecule has 0 saturated heterocycles. The molecule has 2 aromatic carbocycles. The first kappa shape index (κ1) is 18.5. The maximum absolute atomic E-state index is 12.2. The van der Waals surface area contributed by atoms with Gasteiger partial charge in [0.15, 0.2) is 6.61 Å². The summed E-state index contributed by atoms with van der Waals surface area (Å²) in [5.41, 5.74) is 2.62. The molecule has 7 nitrogen and oxygen atoms in total. The zero-order valence-electron chi connectivity index (χ0n) is 14.6. The van der Waals surface area contributed by atoms with Crippen LogP contribution in [0, 0.1) is 24.0 Å². The van der Waals surface area contributed by atoms with Crippen LogP contribution in [0.3, 0.4) is 0 Å². The summed E-state index contributed by atoms with van der Waals surface area (Å²) < 4.78 is 5.79. The van der Waals surface area contributed by atoms with Gasteiger partial charge in [-0.25, -0.2) is 4.79 Å². The molecule has 1 heterocycles. The van der Waals surface area contributed by atoms with Crippen LogP contribution in [-0.4, -0.2) is 23.4 Å². The van der Waals surface area contributed by atoms with E-state index in [2.05, 4.69) is 5.32 Å². The largest absolute Gasteiger partial charge is 0.451 e. The minimum Gasteiger partial charge on any atom is -0.451 e. The Balaban J connectivity index is 1.65. The monoisotopic (exact) mass is 384 g/mol. The lowest BCUT2D eigenvalue weighted by molar-refractivity contribution is -0.384. The van der Waals surface area contributed by atoms with E-state index in [-0.39, 0.29) is 10.6 Å². The lowest BCUT2D eigenvalue weighted by Crippen LogP contribution is -2.21. The summed E-state index contributed by atoms with van der Waals surface area (Å²) in [6.45, 7) is 3.42. The number of hydrogen-bond acceptors (Lipinski definition) is 6. The number of non-ortho nitro benzene ring substituents is 1. The van der Waals surface area contributed by atoms with Gasteiger partial charge in [0, 0.05) is 27.9 Å². The summed E-state index contributed by atoms with van der Waals surface area (Å²) in [7, 11) is 0. The van der Waals surface area contributed by atoms with Crippen molar-refractivity contribution in [1.29, 1.82) is 0 Å². The molecule has 8 heteroatoms. The van der Waals surface area contributed by atoms with Crippen molar-refractivity contribution in [1.82, 2.24) is 0 Å². The zero-order valence-corrected chi connectivity index (χ0v) is 15.5. The Labute approximate surface area is 158 Å². The molecule has 3 rings (SSSR count). The van der Waals surface area contributed by atoms with Gasteiger partial charge in [0.25, 0.3) is 11.6 Å². The van der Waals surface area contributed by atoms with Gasteiger partial charge in [-0.05, 0) is 43.2 Å². The summed E-state index contributed by atoms with van der Waals surface area (Å²) >= 11 is 1.16. The van der Waals surface area contributed by atoms with Gasteiger partial charge in [0.1, 0.15) is 4.88 Å². The molecule has 0 aliphatic rings. The van der Waals surface area contributed by atoms with Crippen LogP contribution >= 0.6 is 11.3 Å². The molecule has 1 amide bonds. The normalized spacial score (nSPS) is 10.6. The predicted octanol–water partition coefficient (Wildman–Crippen LogP) is 4.22. The molecule has 0 fully saturated rings. The summed E-state index contributed by atoms with van der Waals surface area (Å²) in [6.07, 6.45) is 0. The molecule has 3 aromatic rings. The van der Waals surface area contributed by atoms with E-state index >= 15 is 0 Å². The molecular weight excluding hydrogens is 368 g/mol. The van der Waals surface area contributed by atoms with Crippen molar-refractivity contribution >= 4 is 44.7 Å². The number of esters is 1. The highest BCUT2D eigenvalue weighted by Crippen LogP contribution is 2.29. The van der Waals surface area contributed by atoms with E-state index in [1.54, 1.807) is 12.1 Å². The number of nitrogens with zero attached hydrogens (tertiary/aromatic N) is 1. The van der Waals surface area contributed by atoms with E-state index in [1.165, 1.54) is 18.2 Å². The average molecular weight is 384 g/mol. The van der Waals surface area contributed by atoms with Crippen LogP contribution in [-0.2, 0) is 9.53 Å². The number of carbonyl (C=O) groups excluding carboxylic acids is 2. The molecule has 0 spiro atoms. The molecule has 1 aromatic heterocycles. The molecule has 138 valence electrons. The fourth-order valence-corrected chi connectivity index (χ4v) is 3.46. The van der Waals surface area contributed by atoms with E-state index in [1.807, 2.05) is 26.0 Å². The highest BCUT2D eigenvalue weighted by atomic mass is 32.1. The van der Waals surface area contributed by atoms with Crippen LogP contribution in [0.25, 0.3) is 10.1 Å². The summed E-state index contributed by atoms with van der Waals surface area (Å²) in [5, 5.41) is 14.1. The zero-order chi connectivity index (χ0) is 19.6. The van der Waals surface area contributed by atoms with Gasteiger partial charge in [-0.1, -0.05) is 12.1 Å². The Morgan fingerprint density at radius 3 is 2.70 bits per heavy atom. The number of rotatable bonds is 5.